The predicted molar refractivity (Wildman–Crippen MR) is 133 cm³/mol. The zero-order valence-electron chi connectivity index (χ0n) is 19.0. The molecule has 0 spiro atoms. The van der Waals surface area contributed by atoms with E-state index in [1.165, 1.54) is 0 Å². The molecule has 2 rings (SSSR count). The number of rotatable bonds is 9. The quantitative estimate of drug-likeness (QED) is 0.257. The summed E-state index contributed by atoms with van der Waals surface area (Å²) < 4.78 is 11.1. The highest BCUT2D eigenvalue weighted by Gasteiger charge is 2.28. The highest BCUT2D eigenvalue weighted by atomic mass is 127. The van der Waals surface area contributed by atoms with E-state index >= 15 is 0 Å². The summed E-state index contributed by atoms with van der Waals surface area (Å²) in [6.45, 7) is 15.7. The zero-order chi connectivity index (χ0) is 21.3. The highest BCUT2D eigenvalue weighted by Crippen LogP contribution is 2.19. The number of hydrogen-bond acceptors (Lipinski definition) is 5. The maximum atomic E-state index is 10.5. The van der Waals surface area contributed by atoms with Gasteiger partial charge in [0.05, 0.1) is 32.0 Å². The Morgan fingerprint density at radius 1 is 1.20 bits per heavy atom. The van der Waals surface area contributed by atoms with Crippen LogP contribution in [0.15, 0.2) is 29.3 Å². The molecule has 1 atom stereocenters. The van der Waals surface area contributed by atoms with Crippen LogP contribution in [-0.2, 0) is 4.74 Å². The van der Waals surface area contributed by atoms with E-state index in [9.17, 15) is 5.11 Å². The molecule has 3 N–H and O–H groups in total. The third kappa shape index (κ3) is 8.95. The van der Waals surface area contributed by atoms with Crippen molar-refractivity contribution in [3.8, 4) is 5.75 Å². The molecule has 1 heterocycles. The summed E-state index contributed by atoms with van der Waals surface area (Å²) in [7, 11) is 0. The zero-order valence-corrected chi connectivity index (χ0v) is 21.3. The molecule has 1 aliphatic rings. The monoisotopic (exact) mass is 534 g/mol. The van der Waals surface area contributed by atoms with Gasteiger partial charge in [0, 0.05) is 31.7 Å². The first-order valence-corrected chi connectivity index (χ1v) is 10.6. The van der Waals surface area contributed by atoms with Crippen molar-refractivity contribution >= 4 is 29.9 Å². The van der Waals surface area contributed by atoms with Gasteiger partial charge in [-0.1, -0.05) is 12.1 Å². The molecule has 0 bridgehead atoms. The van der Waals surface area contributed by atoms with Gasteiger partial charge in [-0.2, -0.15) is 0 Å². The van der Waals surface area contributed by atoms with Crippen LogP contribution >= 0.6 is 24.0 Å². The number of nitrogens with one attached hydrogen (secondary N) is 2. The number of ether oxygens (including phenoxy) is 2. The summed E-state index contributed by atoms with van der Waals surface area (Å²) in [6, 6.07) is 7.58. The number of aliphatic imine (C=N–C) groups is 1. The van der Waals surface area contributed by atoms with Gasteiger partial charge in [0.1, 0.15) is 5.75 Å². The molecule has 1 fully saturated rings. The van der Waals surface area contributed by atoms with Crippen LogP contribution in [0.3, 0.4) is 0 Å². The Bertz CT molecular complexity index is 632. The van der Waals surface area contributed by atoms with Gasteiger partial charge in [-0.05, 0) is 52.3 Å². The first-order valence-electron chi connectivity index (χ1n) is 10.6. The minimum Gasteiger partial charge on any atom is -0.491 e. The number of hydrogen-bond donors (Lipinski definition) is 3. The minimum absolute atomic E-state index is 0. The number of morpholine rings is 1. The van der Waals surface area contributed by atoms with Crippen molar-refractivity contribution in [2.45, 2.75) is 52.4 Å². The van der Waals surface area contributed by atoms with Crippen LogP contribution in [0.4, 0.5) is 0 Å². The van der Waals surface area contributed by atoms with Gasteiger partial charge >= 0.3 is 0 Å². The van der Waals surface area contributed by atoms with E-state index in [0.29, 0.717) is 19.0 Å². The van der Waals surface area contributed by atoms with Crippen molar-refractivity contribution in [1.29, 1.82) is 0 Å². The summed E-state index contributed by atoms with van der Waals surface area (Å²) in [4.78, 5) is 7.17. The van der Waals surface area contributed by atoms with Gasteiger partial charge in [-0.25, -0.2) is 0 Å². The van der Waals surface area contributed by atoms with Gasteiger partial charge in [-0.3, -0.25) is 9.89 Å². The molecule has 30 heavy (non-hydrogen) atoms. The largest absolute Gasteiger partial charge is 0.491 e. The second-order valence-corrected chi connectivity index (χ2v) is 8.24. The SMILES string of the molecule is CCNC(=NCC(C)(C)N1CCOCC1)NCC(O)c1ccc(OC(C)C)cc1.I. The molecular formula is C22H39IN4O3. The highest BCUT2D eigenvalue weighted by molar-refractivity contribution is 14.0. The molecule has 8 heteroatoms. The predicted octanol–water partition coefficient (Wildman–Crippen LogP) is 2.79. The summed E-state index contributed by atoms with van der Waals surface area (Å²) in [5.41, 5.74) is 0.801. The van der Waals surface area contributed by atoms with Crippen molar-refractivity contribution in [3.05, 3.63) is 29.8 Å². The van der Waals surface area contributed by atoms with E-state index in [4.69, 9.17) is 14.5 Å². The van der Waals surface area contributed by atoms with Crippen LogP contribution in [0.25, 0.3) is 0 Å². The third-order valence-corrected chi connectivity index (χ3v) is 4.93. The Morgan fingerprint density at radius 3 is 2.40 bits per heavy atom. The van der Waals surface area contributed by atoms with Crippen molar-refractivity contribution in [2.75, 3.05) is 45.9 Å². The Kier molecular flexibility index (Phi) is 12.0. The fourth-order valence-electron chi connectivity index (χ4n) is 3.23. The molecule has 1 saturated heterocycles. The lowest BCUT2D eigenvalue weighted by Crippen LogP contribution is -2.52. The van der Waals surface area contributed by atoms with E-state index in [2.05, 4.69) is 29.4 Å². The molecule has 0 amide bonds. The maximum absolute atomic E-state index is 10.5. The minimum atomic E-state index is -0.626. The average molecular weight is 534 g/mol. The van der Waals surface area contributed by atoms with Crippen LogP contribution in [-0.4, -0.2) is 73.5 Å². The second kappa shape index (κ2) is 13.3. The van der Waals surface area contributed by atoms with E-state index in [1.807, 2.05) is 45.0 Å². The van der Waals surface area contributed by atoms with Crippen LogP contribution in [0.1, 0.15) is 46.3 Å². The van der Waals surface area contributed by atoms with Gasteiger partial charge in [0.25, 0.3) is 0 Å². The topological polar surface area (TPSA) is 78.4 Å². The van der Waals surface area contributed by atoms with E-state index in [0.717, 1.165) is 44.2 Å². The molecule has 7 nitrogen and oxygen atoms in total. The number of aliphatic hydroxyl groups excluding tert-OH is 1. The second-order valence-electron chi connectivity index (χ2n) is 8.24. The van der Waals surface area contributed by atoms with E-state index in [-0.39, 0.29) is 35.6 Å². The first kappa shape index (κ1) is 26.9. The Labute approximate surface area is 198 Å². The fourth-order valence-corrected chi connectivity index (χ4v) is 3.23. The molecule has 0 aromatic heterocycles. The summed E-state index contributed by atoms with van der Waals surface area (Å²) in [6.07, 6.45) is -0.493. The maximum Gasteiger partial charge on any atom is 0.191 e. The van der Waals surface area contributed by atoms with Crippen LogP contribution in [0.2, 0.25) is 0 Å². The third-order valence-electron chi connectivity index (χ3n) is 4.93. The van der Waals surface area contributed by atoms with Crippen molar-refractivity contribution in [2.24, 2.45) is 4.99 Å². The van der Waals surface area contributed by atoms with Crippen molar-refractivity contribution in [1.82, 2.24) is 15.5 Å². The number of aliphatic hydroxyl groups is 1. The van der Waals surface area contributed by atoms with Crippen molar-refractivity contribution < 1.29 is 14.6 Å². The molecule has 1 unspecified atom stereocenters. The first-order chi connectivity index (χ1) is 13.8. The molecule has 0 aliphatic carbocycles. The smallest absolute Gasteiger partial charge is 0.191 e. The normalized spacial score (nSPS) is 16.7. The number of nitrogens with zero attached hydrogens (tertiary/aromatic N) is 2. The molecule has 1 aromatic rings. The number of benzene rings is 1. The Hall–Kier alpha value is -1.10. The molecular weight excluding hydrogens is 495 g/mol. The number of halogens is 1. The Balaban J connectivity index is 0.00000450. The lowest BCUT2D eigenvalue weighted by atomic mass is 10.0. The molecule has 1 aromatic carbocycles. The summed E-state index contributed by atoms with van der Waals surface area (Å²) >= 11 is 0. The molecule has 0 saturated carbocycles. The van der Waals surface area contributed by atoms with Crippen molar-refractivity contribution in [3.63, 3.8) is 0 Å². The van der Waals surface area contributed by atoms with Gasteiger partial charge in [0.2, 0.25) is 0 Å². The van der Waals surface area contributed by atoms with Crippen LogP contribution in [0, 0.1) is 0 Å². The fraction of sp³-hybridized carbons (Fsp3) is 0.682. The van der Waals surface area contributed by atoms with Crippen LogP contribution in [0.5, 0.6) is 5.75 Å². The van der Waals surface area contributed by atoms with Gasteiger partial charge in [-0.15, -0.1) is 24.0 Å². The summed E-state index contributed by atoms with van der Waals surface area (Å²) in [5.74, 6) is 1.52. The van der Waals surface area contributed by atoms with E-state index < -0.39 is 6.10 Å². The van der Waals surface area contributed by atoms with Gasteiger partial charge < -0.3 is 25.2 Å². The average Bonchev–Trinajstić information content (AvgIpc) is 2.70. The van der Waals surface area contributed by atoms with Gasteiger partial charge in [0.15, 0.2) is 5.96 Å². The Morgan fingerprint density at radius 2 is 1.83 bits per heavy atom. The number of guanidine groups is 1. The lowest BCUT2D eigenvalue weighted by molar-refractivity contribution is -0.00684. The van der Waals surface area contributed by atoms with Crippen LogP contribution < -0.4 is 15.4 Å². The molecule has 172 valence electrons. The lowest BCUT2D eigenvalue weighted by Gasteiger charge is -2.39. The standard InChI is InChI=1S/C22H38N4O3.HI/c1-6-23-21(25-16-22(4,5)26-11-13-28-14-12-26)24-15-20(27)18-7-9-19(10-8-18)29-17(2)3;/h7-10,17,20,27H,6,11-16H2,1-5H3,(H2,23,24,25);1H. The summed E-state index contributed by atoms with van der Waals surface area (Å²) in [5, 5.41) is 17.1. The van der Waals surface area contributed by atoms with E-state index in [1.54, 1.807) is 0 Å². The molecule has 1 aliphatic heterocycles. The molecule has 0 radical (unpaired) electrons.